The number of halogens is 1. The highest BCUT2D eigenvalue weighted by molar-refractivity contribution is 6.30. The molecule has 250 valence electrons. The van der Waals surface area contributed by atoms with Crippen LogP contribution in [0, 0.1) is 0 Å². The lowest BCUT2D eigenvalue weighted by Gasteiger charge is -2.41. The lowest BCUT2D eigenvalue weighted by molar-refractivity contribution is -0.155. The molecule has 8 N–H and O–H groups in total. The van der Waals surface area contributed by atoms with Crippen LogP contribution in [0.2, 0.25) is 5.02 Å². The minimum Gasteiger partial charge on any atom is -0.489 e. The normalized spacial score (nSPS) is 34.7. The summed E-state index contributed by atoms with van der Waals surface area (Å²) in [5.74, 6) is 0.166. The summed E-state index contributed by atoms with van der Waals surface area (Å²) in [5.41, 5.74) is 6.00. The van der Waals surface area contributed by atoms with Gasteiger partial charge in [0.1, 0.15) is 67.6 Å². The molecule has 0 aromatic heterocycles. The van der Waals surface area contributed by atoms with E-state index in [1.165, 1.54) is 26.0 Å². The number of rotatable bonds is 9. The fourth-order valence-electron chi connectivity index (χ4n) is 5.65. The van der Waals surface area contributed by atoms with Gasteiger partial charge < -0.3 is 60.3 Å². The van der Waals surface area contributed by atoms with Gasteiger partial charge in [-0.25, -0.2) is 0 Å². The van der Waals surface area contributed by atoms with E-state index in [-0.39, 0.29) is 30.4 Å². The summed E-state index contributed by atoms with van der Waals surface area (Å²) in [4.78, 5) is 12.9. The van der Waals surface area contributed by atoms with Gasteiger partial charge in [0.15, 0.2) is 5.60 Å². The molecule has 14 heteroatoms. The molecule has 0 bridgehead atoms. The highest BCUT2D eigenvalue weighted by Crippen LogP contribution is 2.37. The summed E-state index contributed by atoms with van der Waals surface area (Å²) in [7, 11) is 0. The standard InChI is InChI=1S/C32H39ClN2O11/c1-15(9-10-42-19-6-4-5-18(33)13-19)26-29(39)32(3,41)31(46-26)45-21-8-7-17(12-20(21)34)11-16(2)30(40)35-22-23(36)25(38)28-27(24(22)37)43-14-44-28/h4-9,11-13,22-29,31,36-39,41H,10,14,34H2,1-3H3,(H,35,40)/b15-9+,16-11+/t22-,23+,24-,25-,26-,27+,28-,29-,31-,32+/m1/s1. The predicted molar refractivity (Wildman–Crippen MR) is 166 cm³/mol. The van der Waals surface area contributed by atoms with E-state index in [0.29, 0.717) is 21.9 Å². The fourth-order valence-corrected chi connectivity index (χ4v) is 5.83. The summed E-state index contributed by atoms with van der Waals surface area (Å²) in [6.07, 6.45) is -6.12. The van der Waals surface area contributed by atoms with Crippen LogP contribution >= 0.6 is 11.6 Å². The molecular weight excluding hydrogens is 624 g/mol. The maximum atomic E-state index is 12.9. The Morgan fingerprint density at radius 3 is 2.50 bits per heavy atom. The number of amides is 1. The highest BCUT2D eigenvalue weighted by Gasteiger charge is 2.55. The number of nitrogens with two attached hydrogens (primary N) is 1. The van der Waals surface area contributed by atoms with Gasteiger partial charge in [0.25, 0.3) is 0 Å². The third-order valence-corrected chi connectivity index (χ3v) is 8.68. The van der Waals surface area contributed by atoms with Crippen LogP contribution < -0.4 is 20.5 Å². The minimum atomic E-state index is -1.79. The van der Waals surface area contributed by atoms with Crippen LogP contribution in [0.1, 0.15) is 26.3 Å². The van der Waals surface area contributed by atoms with Gasteiger partial charge in [-0.2, -0.15) is 0 Å². The number of aliphatic hydroxyl groups is 5. The number of nitrogens with one attached hydrogen (secondary N) is 1. The Labute approximate surface area is 270 Å². The molecule has 1 aliphatic carbocycles. The zero-order valence-corrected chi connectivity index (χ0v) is 26.2. The monoisotopic (exact) mass is 662 g/mol. The minimum absolute atomic E-state index is 0.139. The van der Waals surface area contributed by atoms with Crippen molar-refractivity contribution in [1.82, 2.24) is 5.32 Å². The Morgan fingerprint density at radius 1 is 1.09 bits per heavy atom. The largest absolute Gasteiger partial charge is 0.489 e. The van der Waals surface area contributed by atoms with Crippen LogP contribution in [0.5, 0.6) is 11.5 Å². The van der Waals surface area contributed by atoms with Crippen molar-refractivity contribution < 1.29 is 54.0 Å². The topological polar surface area (TPSA) is 202 Å². The molecule has 2 aromatic carbocycles. The van der Waals surface area contributed by atoms with Gasteiger partial charge in [-0.15, -0.1) is 0 Å². The second-order valence-corrected chi connectivity index (χ2v) is 12.3. The SMILES string of the molecule is C/C(=C\c1ccc(O[C@@H]2O[C@H](/C(C)=C/COc3cccc(Cl)c3)[C@@H](O)[C@]2(C)O)c(N)c1)C(=O)N[C@@H]1[C@H](O)[C@@H](O)[C@H]2OCO[C@H]2[C@@H]1O. The van der Waals surface area contributed by atoms with Crippen LogP contribution in [0.15, 0.2) is 59.7 Å². The van der Waals surface area contributed by atoms with E-state index in [2.05, 4.69) is 5.32 Å². The van der Waals surface area contributed by atoms with Gasteiger partial charge in [-0.1, -0.05) is 23.7 Å². The molecule has 46 heavy (non-hydrogen) atoms. The maximum Gasteiger partial charge on any atom is 0.247 e. The Balaban J connectivity index is 1.21. The first-order valence-corrected chi connectivity index (χ1v) is 15.1. The van der Waals surface area contributed by atoms with Gasteiger partial charge in [-0.3, -0.25) is 4.79 Å². The molecular formula is C32H39ClN2O11. The molecule has 2 saturated heterocycles. The van der Waals surface area contributed by atoms with E-state index in [9.17, 15) is 30.3 Å². The fraction of sp³-hybridized carbons (Fsp3) is 0.469. The number of benzene rings is 2. The third kappa shape index (κ3) is 7.03. The van der Waals surface area contributed by atoms with E-state index < -0.39 is 66.6 Å². The predicted octanol–water partition coefficient (Wildman–Crippen LogP) is 0.889. The number of hydrogen-bond donors (Lipinski definition) is 7. The van der Waals surface area contributed by atoms with E-state index >= 15 is 0 Å². The quantitative estimate of drug-likeness (QED) is 0.114. The molecule has 0 spiro atoms. The zero-order valence-electron chi connectivity index (χ0n) is 25.4. The second kappa shape index (κ2) is 13.9. The molecule has 1 amide bonds. The second-order valence-electron chi connectivity index (χ2n) is 11.9. The van der Waals surface area contributed by atoms with Crippen molar-refractivity contribution in [3.63, 3.8) is 0 Å². The van der Waals surface area contributed by atoms with E-state index in [0.717, 1.165) is 0 Å². The number of carbonyl (C=O) groups is 1. The van der Waals surface area contributed by atoms with Crippen LogP contribution in [0.4, 0.5) is 5.69 Å². The van der Waals surface area contributed by atoms with Gasteiger partial charge in [0.05, 0.1) is 11.7 Å². The smallest absolute Gasteiger partial charge is 0.247 e. The summed E-state index contributed by atoms with van der Waals surface area (Å²) >= 11 is 5.99. The number of ether oxygens (including phenoxy) is 5. The van der Waals surface area contributed by atoms with Crippen molar-refractivity contribution in [3.05, 3.63) is 70.3 Å². The first-order chi connectivity index (χ1) is 21.8. The lowest BCUT2D eigenvalue weighted by atomic mass is 9.83. The molecule has 2 aliphatic heterocycles. The Kier molecular flexibility index (Phi) is 10.3. The van der Waals surface area contributed by atoms with Crippen LogP contribution in [0.25, 0.3) is 6.08 Å². The van der Waals surface area contributed by atoms with Crippen LogP contribution in [-0.4, -0.2) is 106 Å². The Hall–Kier alpha value is -3.24. The first kappa shape index (κ1) is 34.1. The molecule has 5 rings (SSSR count). The van der Waals surface area contributed by atoms with Crippen LogP contribution in [0.3, 0.4) is 0 Å². The van der Waals surface area contributed by atoms with Crippen molar-refractivity contribution in [3.8, 4) is 11.5 Å². The number of nitrogen functional groups attached to an aromatic ring is 1. The molecule has 2 aromatic rings. The Bertz CT molecular complexity index is 1480. The number of aliphatic hydroxyl groups excluding tert-OH is 4. The maximum absolute atomic E-state index is 12.9. The average Bonchev–Trinajstić information content (AvgIpc) is 3.59. The average molecular weight is 663 g/mol. The summed E-state index contributed by atoms with van der Waals surface area (Å²) in [5, 5.41) is 56.5. The van der Waals surface area contributed by atoms with Crippen molar-refractivity contribution in [2.45, 2.75) is 81.4 Å². The molecule has 10 atom stereocenters. The lowest BCUT2D eigenvalue weighted by Crippen LogP contribution is -2.67. The molecule has 3 aliphatic rings. The molecule has 0 radical (unpaired) electrons. The zero-order chi connectivity index (χ0) is 33.3. The van der Waals surface area contributed by atoms with Gasteiger partial charge in [0, 0.05) is 10.6 Å². The van der Waals surface area contributed by atoms with Crippen LogP contribution in [-0.2, 0) is 19.0 Å². The Morgan fingerprint density at radius 2 is 1.80 bits per heavy atom. The van der Waals surface area contributed by atoms with E-state index in [4.69, 9.17) is 41.0 Å². The molecule has 13 nitrogen and oxygen atoms in total. The third-order valence-electron chi connectivity index (χ3n) is 8.44. The molecule has 3 fully saturated rings. The summed E-state index contributed by atoms with van der Waals surface area (Å²) in [6.45, 7) is 4.72. The molecule has 1 saturated carbocycles. The number of hydrogen-bond acceptors (Lipinski definition) is 12. The van der Waals surface area contributed by atoms with Crippen molar-refractivity contribution in [1.29, 1.82) is 0 Å². The van der Waals surface area contributed by atoms with Gasteiger partial charge in [-0.05, 0) is 74.4 Å². The summed E-state index contributed by atoms with van der Waals surface area (Å²) in [6, 6.07) is 10.5. The van der Waals surface area contributed by atoms with Crippen molar-refractivity contribution >= 4 is 29.3 Å². The van der Waals surface area contributed by atoms with E-state index in [1.807, 2.05) is 0 Å². The van der Waals surface area contributed by atoms with Gasteiger partial charge in [0.2, 0.25) is 12.2 Å². The van der Waals surface area contributed by atoms with Gasteiger partial charge >= 0.3 is 0 Å². The molecule has 2 heterocycles. The number of fused-ring (bicyclic) bond motifs is 1. The van der Waals surface area contributed by atoms with Crippen molar-refractivity contribution in [2.24, 2.45) is 0 Å². The number of anilines is 1. The van der Waals surface area contributed by atoms with Crippen molar-refractivity contribution in [2.75, 3.05) is 19.1 Å². The summed E-state index contributed by atoms with van der Waals surface area (Å²) < 4.78 is 28.0. The number of carbonyl (C=O) groups excluding carboxylic acids is 1. The van der Waals surface area contributed by atoms with E-state index in [1.54, 1.807) is 49.4 Å². The first-order valence-electron chi connectivity index (χ1n) is 14.7. The molecule has 0 unspecified atom stereocenters. The highest BCUT2D eigenvalue weighted by atomic mass is 35.5.